The standard InChI is InChI=1S/C17H18N2O3S/c1-23(21,22)12-17-18-14-9-5-6-10-15(14)19(17)11-16(20)13-7-3-2-4-8-13/h2-10,16,20H,11-12H2,1H3. The molecule has 0 saturated carbocycles. The number of imidazole rings is 1. The molecule has 0 amide bonds. The fraction of sp³-hybridized carbons (Fsp3) is 0.235. The summed E-state index contributed by atoms with van der Waals surface area (Å²) in [6.45, 7) is 0.259. The Kier molecular flexibility index (Phi) is 4.19. The number of nitrogens with zero attached hydrogens (tertiary/aromatic N) is 2. The van der Waals surface area contributed by atoms with E-state index in [1.807, 2.05) is 54.6 Å². The maximum atomic E-state index is 11.7. The molecule has 0 radical (unpaired) electrons. The smallest absolute Gasteiger partial charge is 0.154 e. The van der Waals surface area contributed by atoms with Crippen LogP contribution in [0.25, 0.3) is 11.0 Å². The molecule has 1 atom stereocenters. The lowest BCUT2D eigenvalue weighted by atomic mass is 10.1. The lowest BCUT2D eigenvalue weighted by Crippen LogP contribution is -2.14. The summed E-state index contributed by atoms with van der Waals surface area (Å²) in [6.07, 6.45) is 0.455. The molecule has 5 nitrogen and oxygen atoms in total. The molecular formula is C17H18N2O3S. The number of fused-ring (bicyclic) bond motifs is 1. The Morgan fingerprint density at radius 2 is 1.74 bits per heavy atom. The second-order valence-corrected chi connectivity index (χ2v) is 7.76. The molecule has 1 N–H and O–H groups in total. The van der Waals surface area contributed by atoms with Crippen molar-refractivity contribution in [2.24, 2.45) is 0 Å². The van der Waals surface area contributed by atoms with E-state index in [0.29, 0.717) is 5.82 Å². The van der Waals surface area contributed by atoms with Gasteiger partial charge in [0.1, 0.15) is 11.6 Å². The summed E-state index contributed by atoms with van der Waals surface area (Å²) in [4.78, 5) is 4.42. The molecule has 3 aromatic rings. The Bertz CT molecular complexity index is 917. The summed E-state index contributed by atoms with van der Waals surface area (Å²) in [7, 11) is -3.21. The quantitative estimate of drug-likeness (QED) is 0.779. The zero-order valence-electron chi connectivity index (χ0n) is 12.8. The second-order valence-electron chi connectivity index (χ2n) is 5.62. The van der Waals surface area contributed by atoms with Gasteiger partial charge in [-0.25, -0.2) is 13.4 Å². The minimum atomic E-state index is -3.21. The van der Waals surface area contributed by atoms with Gasteiger partial charge in [-0.05, 0) is 17.7 Å². The summed E-state index contributed by atoms with van der Waals surface area (Å²) < 4.78 is 25.1. The summed E-state index contributed by atoms with van der Waals surface area (Å²) in [6, 6.07) is 16.8. The van der Waals surface area contributed by atoms with Crippen LogP contribution in [0.15, 0.2) is 54.6 Å². The molecule has 0 aliphatic carbocycles. The van der Waals surface area contributed by atoms with Crippen molar-refractivity contribution in [3.8, 4) is 0 Å². The van der Waals surface area contributed by atoms with Crippen molar-refractivity contribution < 1.29 is 13.5 Å². The van der Waals surface area contributed by atoms with Crippen LogP contribution in [0.1, 0.15) is 17.5 Å². The van der Waals surface area contributed by atoms with Crippen LogP contribution >= 0.6 is 0 Å². The van der Waals surface area contributed by atoms with E-state index >= 15 is 0 Å². The SMILES string of the molecule is CS(=O)(=O)Cc1nc2ccccc2n1CC(O)c1ccccc1. The summed E-state index contributed by atoms with van der Waals surface area (Å²) in [5.74, 6) is 0.298. The summed E-state index contributed by atoms with van der Waals surface area (Å²) in [5, 5.41) is 10.5. The Morgan fingerprint density at radius 3 is 2.43 bits per heavy atom. The number of rotatable bonds is 5. The Hall–Kier alpha value is -2.18. The second kappa shape index (κ2) is 6.14. The van der Waals surface area contributed by atoms with Crippen LogP contribution < -0.4 is 0 Å². The number of aliphatic hydroxyl groups excluding tert-OH is 1. The van der Waals surface area contributed by atoms with E-state index in [9.17, 15) is 13.5 Å². The molecule has 120 valence electrons. The molecule has 6 heteroatoms. The molecule has 23 heavy (non-hydrogen) atoms. The van der Waals surface area contributed by atoms with Gasteiger partial charge in [-0.2, -0.15) is 0 Å². The first-order chi connectivity index (χ1) is 10.9. The van der Waals surface area contributed by atoms with Gasteiger partial charge in [0.05, 0.1) is 23.7 Å². The highest BCUT2D eigenvalue weighted by Gasteiger charge is 2.18. The lowest BCUT2D eigenvalue weighted by molar-refractivity contribution is 0.157. The fourth-order valence-corrected chi connectivity index (χ4v) is 3.32. The molecule has 2 aromatic carbocycles. The highest BCUT2D eigenvalue weighted by molar-refractivity contribution is 7.89. The fourth-order valence-electron chi connectivity index (χ4n) is 2.63. The topological polar surface area (TPSA) is 72.2 Å². The molecule has 0 saturated heterocycles. The van der Waals surface area contributed by atoms with Gasteiger partial charge in [-0.15, -0.1) is 0 Å². The third kappa shape index (κ3) is 3.60. The van der Waals surface area contributed by atoms with Crippen molar-refractivity contribution in [1.29, 1.82) is 0 Å². The van der Waals surface area contributed by atoms with Gasteiger partial charge in [-0.1, -0.05) is 42.5 Å². The van der Waals surface area contributed by atoms with Gasteiger partial charge in [0.2, 0.25) is 0 Å². The minimum absolute atomic E-state index is 0.150. The van der Waals surface area contributed by atoms with Crippen molar-refractivity contribution in [1.82, 2.24) is 9.55 Å². The molecule has 0 aliphatic rings. The van der Waals surface area contributed by atoms with Crippen LogP contribution in [0, 0.1) is 0 Å². The van der Waals surface area contributed by atoms with E-state index < -0.39 is 15.9 Å². The van der Waals surface area contributed by atoms with Gasteiger partial charge in [-0.3, -0.25) is 0 Å². The van der Waals surface area contributed by atoms with Gasteiger partial charge in [0, 0.05) is 6.26 Å². The number of sulfone groups is 1. The van der Waals surface area contributed by atoms with E-state index in [1.54, 1.807) is 4.57 Å². The molecule has 1 heterocycles. The van der Waals surface area contributed by atoms with Gasteiger partial charge < -0.3 is 9.67 Å². The van der Waals surface area contributed by atoms with Crippen molar-refractivity contribution >= 4 is 20.9 Å². The van der Waals surface area contributed by atoms with Crippen LogP contribution in [0.3, 0.4) is 0 Å². The largest absolute Gasteiger partial charge is 0.387 e. The zero-order chi connectivity index (χ0) is 16.4. The van der Waals surface area contributed by atoms with E-state index in [2.05, 4.69) is 4.98 Å². The van der Waals surface area contributed by atoms with Crippen molar-refractivity contribution in [2.45, 2.75) is 18.4 Å². The number of para-hydroxylation sites is 2. The predicted octanol–water partition coefficient (Wildman–Crippen LogP) is 2.31. The molecule has 3 rings (SSSR count). The predicted molar refractivity (Wildman–Crippen MR) is 89.7 cm³/mol. The highest BCUT2D eigenvalue weighted by atomic mass is 32.2. The third-order valence-electron chi connectivity index (χ3n) is 3.66. The van der Waals surface area contributed by atoms with E-state index in [1.165, 1.54) is 6.26 Å². The van der Waals surface area contributed by atoms with E-state index in [0.717, 1.165) is 16.6 Å². The highest BCUT2D eigenvalue weighted by Crippen LogP contribution is 2.22. The number of hydrogen-bond acceptors (Lipinski definition) is 4. The van der Waals surface area contributed by atoms with E-state index in [-0.39, 0.29) is 12.3 Å². The Morgan fingerprint density at radius 1 is 1.09 bits per heavy atom. The molecule has 0 fully saturated rings. The monoisotopic (exact) mass is 330 g/mol. The van der Waals surface area contributed by atoms with Crippen molar-refractivity contribution in [2.75, 3.05) is 6.26 Å². The molecule has 1 aromatic heterocycles. The summed E-state index contributed by atoms with van der Waals surface area (Å²) in [5.41, 5.74) is 2.34. The average molecular weight is 330 g/mol. The Balaban J connectivity index is 2.02. The first-order valence-electron chi connectivity index (χ1n) is 7.29. The van der Waals surface area contributed by atoms with Crippen LogP contribution in [-0.2, 0) is 22.1 Å². The minimum Gasteiger partial charge on any atom is -0.387 e. The van der Waals surface area contributed by atoms with Crippen molar-refractivity contribution in [3.63, 3.8) is 0 Å². The van der Waals surface area contributed by atoms with Gasteiger partial charge in [0.15, 0.2) is 9.84 Å². The van der Waals surface area contributed by atoms with Crippen LogP contribution in [0.5, 0.6) is 0 Å². The lowest BCUT2D eigenvalue weighted by Gasteiger charge is -2.15. The van der Waals surface area contributed by atoms with E-state index in [4.69, 9.17) is 0 Å². The number of aromatic nitrogens is 2. The first kappa shape index (κ1) is 15.7. The zero-order valence-corrected chi connectivity index (χ0v) is 13.6. The van der Waals surface area contributed by atoms with Crippen LogP contribution in [-0.4, -0.2) is 29.3 Å². The van der Waals surface area contributed by atoms with Crippen LogP contribution in [0.2, 0.25) is 0 Å². The molecule has 0 spiro atoms. The van der Waals surface area contributed by atoms with Crippen LogP contribution in [0.4, 0.5) is 0 Å². The molecule has 1 unspecified atom stereocenters. The maximum Gasteiger partial charge on any atom is 0.154 e. The first-order valence-corrected chi connectivity index (χ1v) is 9.35. The number of aliphatic hydroxyl groups is 1. The average Bonchev–Trinajstić information content (AvgIpc) is 2.84. The molecule has 0 aliphatic heterocycles. The maximum absolute atomic E-state index is 11.7. The Labute approximate surface area is 135 Å². The van der Waals surface area contributed by atoms with Gasteiger partial charge in [0.25, 0.3) is 0 Å². The molecule has 0 bridgehead atoms. The molecular weight excluding hydrogens is 312 g/mol. The third-order valence-corrected chi connectivity index (χ3v) is 4.45. The number of hydrogen-bond donors (Lipinski definition) is 1. The normalized spacial score (nSPS) is 13.3. The summed E-state index contributed by atoms with van der Waals surface area (Å²) >= 11 is 0. The van der Waals surface area contributed by atoms with Gasteiger partial charge >= 0.3 is 0 Å². The number of benzene rings is 2. The van der Waals surface area contributed by atoms with Crippen molar-refractivity contribution in [3.05, 3.63) is 66.0 Å².